The summed E-state index contributed by atoms with van der Waals surface area (Å²) in [5.74, 6) is 0.788. The van der Waals surface area contributed by atoms with Gasteiger partial charge in [-0.25, -0.2) is 0 Å². The van der Waals surface area contributed by atoms with Gasteiger partial charge in [-0.2, -0.15) is 5.10 Å². The second kappa shape index (κ2) is 3.45. The Labute approximate surface area is 76.0 Å². The van der Waals surface area contributed by atoms with Crippen molar-refractivity contribution in [1.29, 1.82) is 0 Å². The van der Waals surface area contributed by atoms with Crippen LogP contribution in [0.1, 0.15) is 11.8 Å². The van der Waals surface area contributed by atoms with E-state index in [2.05, 4.69) is 5.10 Å². The lowest BCUT2D eigenvalue weighted by molar-refractivity contribution is 0.421. The lowest BCUT2D eigenvalue weighted by Crippen LogP contribution is -2.17. The van der Waals surface area contributed by atoms with Gasteiger partial charge in [0.1, 0.15) is 5.76 Å². The average Bonchev–Trinajstić information content (AvgIpc) is 2.74. The van der Waals surface area contributed by atoms with Gasteiger partial charge in [0.25, 0.3) is 0 Å². The van der Waals surface area contributed by atoms with Gasteiger partial charge in [0, 0.05) is 12.4 Å². The van der Waals surface area contributed by atoms with Crippen LogP contribution in [-0.2, 0) is 6.54 Å². The molecule has 0 fully saturated rings. The summed E-state index contributed by atoms with van der Waals surface area (Å²) in [6, 6.07) is 5.44. The smallest absolute Gasteiger partial charge is 0.122 e. The van der Waals surface area contributed by atoms with Gasteiger partial charge in [-0.1, -0.05) is 0 Å². The van der Waals surface area contributed by atoms with Crippen LogP contribution in [0.5, 0.6) is 0 Å². The molecule has 1 atom stereocenters. The van der Waals surface area contributed by atoms with Crippen molar-refractivity contribution in [2.45, 2.75) is 12.6 Å². The first-order valence-electron chi connectivity index (χ1n) is 4.12. The molecular formula is C9H11N3O. The molecule has 68 valence electrons. The van der Waals surface area contributed by atoms with Crippen LogP contribution in [0.2, 0.25) is 0 Å². The molecule has 0 radical (unpaired) electrons. The van der Waals surface area contributed by atoms with Gasteiger partial charge in [0.05, 0.1) is 18.8 Å². The first-order chi connectivity index (χ1) is 6.36. The van der Waals surface area contributed by atoms with Crippen LogP contribution in [0.4, 0.5) is 0 Å². The molecule has 0 saturated heterocycles. The lowest BCUT2D eigenvalue weighted by Gasteiger charge is -2.07. The fourth-order valence-electron chi connectivity index (χ4n) is 1.20. The second-order valence-electron chi connectivity index (χ2n) is 2.85. The highest BCUT2D eigenvalue weighted by atomic mass is 16.3. The number of aromatic nitrogens is 2. The molecular weight excluding hydrogens is 166 g/mol. The summed E-state index contributed by atoms with van der Waals surface area (Å²) < 4.78 is 6.96. The minimum absolute atomic E-state index is 0.130. The number of hydrogen-bond acceptors (Lipinski definition) is 3. The van der Waals surface area contributed by atoms with Crippen molar-refractivity contribution in [3.63, 3.8) is 0 Å². The van der Waals surface area contributed by atoms with E-state index in [0.29, 0.717) is 6.54 Å². The Balaban J connectivity index is 2.04. The molecule has 0 aliphatic heterocycles. The van der Waals surface area contributed by atoms with Crippen LogP contribution < -0.4 is 5.73 Å². The van der Waals surface area contributed by atoms with E-state index in [9.17, 15) is 0 Å². The van der Waals surface area contributed by atoms with Crippen molar-refractivity contribution >= 4 is 0 Å². The zero-order valence-electron chi connectivity index (χ0n) is 7.13. The van der Waals surface area contributed by atoms with E-state index in [4.69, 9.17) is 10.2 Å². The Morgan fingerprint density at radius 1 is 1.54 bits per heavy atom. The van der Waals surface area contributed by atoms with Gasteiger partial charge in [-0.15, -0.1) is 0 Å². The van der Waals surface area contributed by atoms with Crippen molar-refractivity contribution in [3.05, 3.63) is 42.6 Å². The van der Waals surface area contributed by atoms with Crippen LogP contribution in [0.15, 0.2) is 41.3 Å². The summed E-state index contributed by atoms with van der Waals surface area (Å²) in [6.45, 7) is 0.639. The molecule has 0 bridgehead atoms. The van der Waals surface area contributed by atoms with Crippen molar-refractivity contribution in [1.82, 2.24) is 9.78 Å². The first-order valence-corrected chi connectivity index (χ1v) is 4.12. The monoisotopic (exact) mass is 177 g/mol. The summed E-state index contributed by atoms with van der Waals surface area (Å²) in [7, 11) is 0. The summed E-state index contributed by atoms with van der Waals surface area (Å²) in [5.41, 5.74) is 5.88. The number of furan rings is 1. The Hall–Kier alpha value is -1.55. The molecule has 0 spiro atoms. The van der Waals surface area contributed by atoms with E-state index in [-0.39, 0.29) is 6.04 Å². The van der Waals surface area contributed by atoms with Crippen LogP contribution >= 0.6 is 0 Å². The minimum atomic E-state index is -0.130. The van der Waals surface area contributed by atoms with Crippen molar-refractivity contribution in [2.75, 3.05) is 0 Å². The normalized spacial score (nSPS) is 13.0. The Bertz CT molecular complexity index is 339. The molecule has 4 heteroatoms. The molecule has 2 aromatic heterocycles. The maximum Gasteiger partial charge on any atom is 0.122 e. The third-order valence-corrected chi connectivity index (χ3v) is 1.85. The highest BCUT2D eigenvalue weighted by molar-refractivity contribution is 5.03. The molecule has 0 saturated carbocycles. The number of rotatable bonds is 3. The maximum atomic E-state index is 5.88. The molecule has 0 aliphatic rings. The van der Waals surface area contributed by atoms with Gasteiger partial charge < -0.3 is 10.2 Å². The molecule has 0 amide bonds. The molecule has 2 rings (SSSR count). The summed E-state index contributed by atoms with van der Waals surface area (Å²) in [5, 5.41) is 4.06. The number of nitrogens with zero attached hydrogens (tertiary/aromatic N) is 2. The fraction of sp³-hybridized carbons (Fsp3) is 0.222. The summed E-state index contributed by atoms with van der Waals surface area (Å²) >= 11 is 0. The second-order valence-corrected chi connectivity index (χ2v) is 2.85. The molecule has 0 aliphatic carbocycles. The predicted octanol–water partition coefficient (Wildman–Crippen LogP) is 1.18. The van der Waals surface area contributed by atoms with E-state index < -0.39 is 0 Å². The number of hydrogen-bond donors (Lipinski definition) is 1. The standard InChI is InChI=1S/C9H11N3O/c10-8(9-3-1-6-13-9)7-12-5-2-4-11-12/h1-6,8H,7,10H2. The first kappa shape index (κ1) is 8.07. The topological polar surface area (TPSA) is 57.0 Å². The fourth-order valence-corrected chi connectivity index (χ4v) is 1.20. The SMILES string of the molecule is NC(Cn1cccn1)c1ccco1. The molecule has 13 heavy (non-hydrogen) atoms. The Kier molecular flexibility index (Phi) is 2.14. The summed E-state index contributed by atoms with van der Waals surface area (Å²) in [4.78, 5) is 0. The van der Waals surface area contributed by atoms with Gasteiger partial charge in [0.15, 0.2) is 0 Å². The van der Waals surface area contributed by atoms with Crippen LogP contribution in [0.3, 0.4) is 0 Å². The third kappa shape index (κ3) is 1.78. The zero-order valence-corrected chi connectivity index (χ0v) is 7.13. The largest absolute Gasteiger partial charge is 0.468 e. The highest BCUT2D eigenvalue weighted by Crippen LogP contribution is 2.11. The van der Waals surface area contributed by atoms with Crippen LogP contribution in [0.25, 0.3) is 0 Å². The van der Waals surface area contributed by atoms with Crippen LogP contribution in [0, 0.1) is 0 Å². The van der Waals surface area contributed by atoms with E-state index >= 15 is 0 Å². The van der Waals surface area contributed by atoms with Gasteiger partial charge in [0.2, 0.25) is 0 Å². The molecule has 2 aromatic rings. The summed E-state index contributed by atoms with van der Waals surface area (Å²) in [6.07, 6.45) is 5.23. The maximum absolute atomic E-state index is 5.88. The molecule has 0 aromatic carbocycles. The zero-order chi connectivity index (χ0) is 9.10. The Morgan fingerprint density at radius 2 is 2.46 bits per heavy atom. The third-order valence-electron chi connectivity index (χ3n) is 1.85. The molecule has 4 nitrogen and oxygen atoms in total. The molecule has 2 N–H and O–H groups in total. The van der Waals surface area contributed by atoms with Crippen molar-refractivity contribution < 1.29 is 4.42 Å². The highest BCUT2D eigenvalue weighted by Gasteiger charge is 2.08. The van der Waals surface area contributed by atoms with Crippen LogP contribution in [-0.4, -0.2) is 9.78 Å². The van der Waals surface area contributed by atoms with Gasteiger partial charge >= 0.3 is 0 Å². The quantitative estimate of drug-likeness (QED) is 0.765. The minimum Gasteiger partial charge on any atom is -0.468 e. The van der Waals surface area contributed by atoms with E-state index in [1.807, 2.05) is 24.4 Å². The Morgan fingerprint density at radius 3 is 3.08 bits per heavy atom. The van der Waals surface area contributed by atoms with Gasteiger partial charge in [-0.05, 0) is 18.2 Å². The van der Waals surface area contributed by atoms with E-state index in [0.717, 1.165) is 5.76 Å². The average molecular weight is 177 g/mol. The van der Waals surface area contributed by atoms with Crippen molar-refractivity contribution in [2.24, 2.45) is 5.73 Å². The predicted molar refractivity (Wildman–Crippen MR) is 47.9 cm³/mol. The molecule has 1 unspecified atom stereocenters. The van der Waals surface area contributed by atoms with Gasteiger partial charge in [-0.3, -0.25) is 4.68 Å². The van der Waals surface area contributed by atoms with E-state index in [1.165, 1.54) is 0 Å². The lowest BCUT2D eigenvalue weighted by atomic mass is 10.2. The van der Waals surface area contributed by atoms with E-state index in [1.54, 1.807) is 17.1 Å². The number of nitrogens with two attached hydrogens (primary N) is 1. The van der Waals surface area contributed by atoms with Crippen molar-refractivity contribution in [3.8, 4) is 0 Å². The molecule has 2 heterocycles.